The van der Waals surface area contributed by atoms with Crippen LogP contribution in [0.15, 0.2) is 24.3 Å². The highest BCUT2D eigenvalue weighted by atomic mass is 14.9. The average molecular weight is 231 g/mol. The van der Waals surface area contributed by atoms with E-state index in [2.05, 4.69) is 43.4 Å². The Morgan fingerprint density at radius 1 is 1.24 bits per heavy atom. The van der Waals surface area contributed by atoms with Crippen LogP contribution in [0.5, 0.6) is 0 Å². The van der Waals surface area contributed by atoms with Crippen molar-refractivity contribution in [3.05, 3.63) is 29.8 Å². The largest absolute Gasteiger partial charge is 0.384 e. The topological polar surface area (TPSA) is 12.0 Å². The molecule has 1 aliphatic rings. The lowest BCUT2D eigenvalue weighted by molar-refractivity contribution is 0.427. The van der Waals surface area contributed by atoms with E-state index in [-0.39, 0.29) is 0 Å². The second-order valence-electron chi connectivity index (χ2n) is 5.40. The Hall–Kier alpha value is -0.980. The van der Waals surface area contributed by atoms with Crippen LogP contribution < -0.4 is 5.32 Å². The molecule has 0 aromatic heterocycles. The highest BCUT2D eigenvalue weighted by Crippen LogP contribution is 2.37. The quantitative estimate of drug-likeness (QED) is 0.693. The lowest BCUT2D eigenvalue weighted by Gasteiger charge is -2.19. The molecule has 0 aliphatic carbocycles. The predicted octanol–water partition coefficient (Wildman–Crippen LogP) is 4.80. The van der Waals surface area contributed by atoms with E-state index in [1.54, 1.807) is 0 Å². The molecule has 2 unspecified atom stereocenters. The van der Waals surface area contributed by atoms with Gasteiger partial charge in [0.2, 0.25) is 0 Å². The maximum Gasteiger partial charge on any atom is 0.0376 e. The van der Waals surface area contributed by atoms with Crippen molar-refractivity contribution < 1.29 is 0 Å². The summed E-state index contributed by atoms with van der Waals surface area (Å²) in [4.78, 5) is 0. The van der Waals surface area contributed by atoms with Crippen LogP contribution in [-0.2, 0) is 0 Å². The average Bonchev–Trinajstić information content (AvgIpc) is 2.78. The number of para-hydroxylation sites is 1. The number of hydrogen-bond donors (Lipinski definition) is 1. The Morgan fingerprint density at radius 2 is 2.06 bits per heavy atom. The summed E-state index contributed by atoms with van der Waals surface area (Å²) >= 11 is 0. The third-order valence-electron chi connectivity index (χ3n) is 4.07. The van der Waals surface area contributed by atoms with Gasteiger partial charge in [-0.25, -0.2) is 0 Å². The highest BCUT2D eigenvalue weighted by molar-refractivity contribution is 5.57. The Balaban J connectivity index is 1.87. The summed E-state index contributed by atoms with van der Waals surface area (Å²) in [6.45, 7) is 5.83. The minimum Gasteiger partial charge on any atom is -0.384 e. The van der Waals surface area contributed by atoms with Crippen LogP contribution in [0, 0.1) is 5.92 Å². The third-order valence-corrected chi connectivity index (χ3v) is 4.07. The molecule has 0 radical (unpaired) electrons. The van der Waals surface area contributed by atoms with Crippen molar-refractivity contribution in [2.45, 2.75) is 51.9 Å². The molecule has 1 aromatic rings. The van der Waals surface area contributed by atoms with E-state index < -0.39 is 0 Å². The van der Waals surface area contributed by atoms with E-state index in [1.165, 1.54) is 43.4 Å². The maximum atomic E-state index is 3.53. The zero-order chi connectivity index (χ0) is 12.1. The van der Waals surface area contributed by atoms with Crippen LogP contribution in [-0.4, -0.2) is 6.54 Å². The van der Waals surface area contributed by atoms with Gasteiger partial charge < -0.3 is 5.32 Å². The van der Waals surface area contributed by atoms with Gasteiger partial charge in [0.05, 0.1) is 0 Å². The second kappa shape index (κ2) is 6.09. The first-order valence-electron chi connectivity index (χ1n) is 7.15. The van der Waals surface area contributed by atoms with Crippen LogP contribution >= 0.6 is 0 Å². The van der Waals surface area contributed by atoms with Crippen molar-refractivity contribution in [1.29, 1.82) is 0 Å². The van der Waals surface area contributed by atoms with E-state index in [0.29, 0.717) is 0 Å². The molecule has 1 nitrogen and oxygen atoms in total. The van der Waals surface area contributed by atoms with Gasteiger partial charge >= 0.3 is 0 Å². The standard InChI is InChI=1S/C16H25N/c1-3-4-5-6-9-13(2)15-12-17-16-11-8-7-10-14(15)16/h7-8,10-11,13,15,17H,3-6,9,12H2,1-2H3. The van der Waals surface area contributed by atoms with Gasteiger partial charge in [-0.1, -0.05) is 64.2 Å². The molecular weight excluding hydrogens is 206 g/mol. The summed E-state index contributed by atoms with van der Waals surface area (Å²) in [5, 5.41) is 3.53. The number of fused-ring (bicyclic) bond motifs is 1. The molecule has 1 aliphatic heterocycles. The van der Waals surface area contributed by atoms with Crippen molar-refractivity contribution in [3.8, 4) is 0 Å². The van der Waals surface area contributed by atoms with E-state index >= 15 is 0 Å². The molecule has 0 bridgehead atoms. The molecule has 94 valence electrons. The van der Waals surface area contributed by atoms with Crippen molar-refractivity contribution in [2.24, 2.45) is 5.92 Å². The molecule has 1 heteroatoms. The van der Waals surface area contributed by atoms with Crippen LogP contribution in [0.1, 0.15) is 57.4 Å². The monoisotopic (exact) mass is 231 g/mol. The molecule has 1 N–H and O–H groups in total. The number of anilines is 1. The van der Waals surface area contributed by atoms with Crippen molar-refractivity contribution in [2.75, 3.05) is 11.9 Å². The van der Waals surface area contributed by atoms with Gasteiger partial charge in [0.1, 0.15) is 0 Å². The Morgan fingerprint density at radius 3 is 2.88 bits per heavy atom. The molecule has 1 aromatic carbocycles. The molecule has 0 amide bonds. The van der Waals surface area contributed by atoms with Crippen LogP contribution in [0.4, 0.5) is 5.69 Å². The molecule has 0 saturated carbocycles. The lowest BCUT2D eigenvalue weighted by atomic mass is 9.85. The summed E-state index contributed by atoms with van der Waals surface area (Å²) in [7, 11) is 0. The Bertz CT molecular complexity index is 345. The number of rotatable bonds is 6. The van der Waals surface area contributed by atoms with E-state index in [4.69, 9.17) is 0 Å². The molecule has 0 spiro atoms. The van der Waals surface area contributed by atoms with Crippen molar-refractivity contribution in [1.82, 2.24) is 0 Å². The number of benzene rings is 1. The van der Waals surface area contributed by atoms with Crippen LogP contribution in [0.3, 0.4) is 0 Å². The van der Waals surface area contributed by atoms with Gasteiger partial charge in [-0.2, -0.15) is 0 Å². The predicted molar refractivity (Wildman–Crippen MR) is 75.6 cm³/mol. The zero-order valence-corrected chi connectivity index (χ0v) is 11.2. The van der Waals surface area contributed by atoms with Gasteiger partial charge in [-0.15, -0.1) is 0 Å². The van der Waals surface area contributed by atoms with Crippen LogP contribution in [0.2, 0.25) is 0 Å². The number of nitrogens with one attached hydrogen (secondary N) is 1. The first-order chi connectivity index (χ1) is 8.33. The molecule has 2 rings (SSSR count). The minimum absolute atomic E-state index is 0.729. The lowest BCUT2D eigenvalue weighted by Crippen LogP contribution is -2.12. The fourth-order valence-electron chi connectivity index (χ4n) is 2.91. The summed E-state index contributed by atoms with van der Waals surface area (Å²) in [6, 6.07) is 8.80. The van der Waals surface area contributed by atoms with Gasteiger partial charge in [-0.3, -0.25) is 0 Å². The third kappa shape index (κ3) is 3.02. The van der Waals surface area contributed by atoms with Gasteiger partial charge in [0.25, 0.3) is 0 Å². The number of hydrogen-bond acceptors (Lipinski definition) is 1. The van der Waals surface area contributed by atoms with E-state index in [1.807, 2.05) is 0 Å². The van der Waals surface area contributed by atoms with Crippen LogP contribution in [0.25, 0.3) is 0 Å². The van der Waals surface area contributed by atoms with E-state index in [0.717, 1.165) is 18.4 Å². The summed E-state index contributed by atoms with van der Waals surface area (Å²) in [5.41, 5.74) is 2.90. The molecular formula is C16H25N. The zero-order valence-electron chi connectivity index (χ0n) is 11.2. The Kier molecular flexibility index (Phi) is 4.47. The fraction of sp³-hybridized carbons (Fsp3) is 0.625. The summed E-state index contributed by atoms with van der Waals surface area (Å²) in [5.74, 6) is 1.54. The molecule has 1 heterocycles. The number of unbranched alkanes of at least 4 members (excludes halogenated alkanes) is 3. The van der Waals surface area contributed by atoms with Gasteiger partial charge in [0.15, 0.2) is 0 Å². The highest BCUT2D eigenvalue weighted by Gasteiger charge is 2.26. The maximum absolute atomic E-state index is 3.53. The molecule has 2 atom stereocenters. The molecule has 0 fully saturated rings. The Labute approximate surface area is 106 Å². The minimum atomic E-state index is 0.729. The normalized spacial score (nSPS) is 19.8. The first-order valence-corrected chi connectivity index (χ1v) is 7.15. The second-order valence-corrected chi connectivity index (χ2v) is 5.40. The van der Waals surface area contributed by atoms with Gasteiger partial charge in [0, 0.05) is 18.2 Å². The SMILES string of the molecule is CCCCCCC(C)C1CNc2ccccc21. The van der Waals surface area contributed by atoms with E-state index in [9.17, 15) is 0 Å². The fourth-order valence-corrected chi connectivity index (χ4v) is 2.91. The van der Waals surface area contributed by atoms with Crippen molar-refractivity contribution in [3.63, 3.8) is 0 Å². The summed E-state index contributed by atoms with van der Waals surface area (Å²) < 4.78 is 0. The smallest absolute Gasteiger partial charge is 0.0376 e. The first kappa shape index (κ1) is 12.5. The summed E-state index contributed by atoms with van der Waals surface area (Å²) in [6.07, 6.45) is 6.91. The van der Waals surface area contributed by atoms with Gasteiger partial charge in [-0.05, 0) is 17.5 Å². The molecule has 17 heavy (non-hydrogen) atoms. The molecule has 0 saturated heterocycles. The van der Waals surface area contributed by atoms with Crippen molar-refractivity contribution >= 4 is 5.69 Å².